The number of ether oxygens (including phenoxy) is 2. The van der Waals surface area contributed by atoms with E-state index in [4.69, 9.17) is 9.47 Å². The number of hydrogen-bond donors (Lipinski definition) is 3. The lowest BCUT2D eigenvalue weighted by Crippen LogP contribution is -2.39. The van der Waals surface area contributed by atoms with E-state index in [1.54, 1.807) is 24.3 Å². The van der Waals surface area contributed by atoms with Crippen molar-refractivity contribution < 1.29 is 32.7 Å². The van der Waals surface area contributed by atoms with Crippen molar-refractivity contribution in [3.8, 4) is 0 Å². The van der Waals surface area contributed by atoms with Crippen LogP contribution in [0.1, 0.15) is 40.5 Å². The molecule has 0 fully saturated rings. The number of unbranched alkanes of at least 4 members (excludes halogenated alkanes) is 1. The Bertz CT molecular complexity index is 994. The van der Waals surface area contributed by atoms with Gasteiger partial charge >= 0.3 is 0 Å². The van der Waals surface area contributed by atoms with Crippen molar-refractivity contribution in [2.45, 2.75) is 63.7 Å². The fourth-order valence-corrected chi connectivity index (χ4v) is 4.32. The summed E-state index contributed by atoms with van der Waals surface area (Å²) in [5.41, 5.74) is 0.776. The molecule has 2 unspecified atom stereocenters. The molecule has 2 atom stereocenters. The Hall–Kier alpha value is -1.75. The van der Waals surface area contributed by atoms with Crippen LogP contribution in [0.5, 0.6) is 0 Å². The quantitative estimate of drug-likeness (QED) is 0.253. The number of benzene rings is 2. The smallest absolute Gasteiger partial charge is 0.295 e. The van der Waals surface area contributed by atoms with E-state index in [0.717, 1.165) is 18.5 Å². The molecule has 0 saturated carbocycles. The molecule has 0 heterocycles. The topological polar surface area (TPSA) is 117 Å². The zero-order valence-corrected chi connectivity index (χ0v) is 21.4. The molecule has 0 radical (unpaired) electrons. The number of rotatable bonds is 15. The van der Waals surface area contributed by atoms with Gasteiger partial charge in [0.1, 0.15) is 4.90 Å². The average Bonchev–Trinajstić information content (AvgIpc) is 2.77. The zero-order chi connectivity index (χ0) is 25.3. The first-order chi connectivity index (χ1) is 16.0. The molecule has 0 aliphatic heterocycles. The highest BCUT2D eigenvalue weighted by molar-refractivity contribution is 7.86. The Labute approximate surface area is 203 Å². The standard InChI is InChI=1S/C25H39NO7S/c1-18(2)24(28)17-33-14-8-7-13-32-16-20(27)15-26(19(3)4)23-11-12-25(34(29,30)31)22-10-6-5-9-21(22)23/h5-6,9-12,18-20,24,27-28H,7-8,13-17H2,1-4H3,(H,29,30,31). The van der Waals surface area contributed by atoms with E-state index >= 15 is 0 Å². The molecule has 192 valence electrons. The predicted molar refractivity (Wildman–Crippen MR) is 134 cm³/mol. The summed E-state index contributed by atoms with van der Waals surface area (Å²) in [4.78, 5) is 1.86. The lowest BCUT2D eigenvalue weighted by molar-refractivity contribution is 0.00692. The lowest BCUT2D eigenvalue weighted by Gasteiger charge is -2.32. The molecule has 2 aromatic rings. The van der Waals surface area contributed by atoms with Crippen LogP contribution < -0.4 is 4.90 Å². The summed E-state index contributed by atoms with van der Waals surface area (Å²) in [5.74, 6) is 0.175. The summed E-state index contributed by atoms with van der Waals surface area (Å²) in [6.45, 7) is 9.77. The van der Waals surface area contributed by atoms with Gasteiger partial charge in [0.25, 0.3) is 10.1 Å². The van der Waals surface area contributed by atoms with Crippen LogP contribution in [0.25, 0.3) is 10.8 Å². The molecule has 0 amide bonds. The minimum atomic E-state index is -4.36. The summed E-state index contributed by atoms with van der Waals surface area (Å²) in [6, 6.07) is 10.1. The van der Waals surface area contributed by atoms with Gasteiger partial charge in [0.05, 0.1) is 25.4 Å². The van der Waals surface area contributed by atoms with Crippen LogP contribution in [0, 0.1) is 5.92 Å². The van der Waals surface area contributed by atoms with Crippen LogP contribution in [0.2, 0.25) is 0 Å². The van der Waals surface area contributed by atoms with Gasteiger partial charge in [-0.15, -0.1) is 0 Å². The third kappa shape index (κ3) is 8.48. The van der Waals surface area contributed by atoms with Crippen molar-refractivity contribution in [1.29, 1.82) is 0 Å². The molecule has 0 aliphatic rings. The number of hydrogen-bond acceptors (Lipinski definition) is 7. The Morgan fingerprint density at radius 1 is 0.882 bits per heavy atom. The van der Waals surface area contributed by atoms with Gasteiger partial charge in [-0.05, 0) is 44.7 Å². The SMILES string of the molecule is CC(C)C(O)COCCCCOCC(O)CN(c1ccc(S(=O)(=O)O)c2ccccc12)C(C)C. The second-order valence-electron chi connectivity index (χ2n) is 9.17. The van der Waals surface area contributed by atoms with Crippen molar-refractivity contribution in [1.82, 2.24) is 0 Å². The molecule has 2 aromatic carbocycles. The van der Waals surface area contributed by atoms with Crippen LogP contribution in [0.4, 0.5) is 5.69 Å². The van der Waals surface area contributed by atoms with E-state index in [9.17, 15) is 23.2 Å². The largest absolute Gasteiger partial charge is 0.390 e. The van der Waals surface area contributed by atoms with Gasteiger partial charge in [-0.25, -0.2) is 0 Å². The summed E-state index contributed by atoms with van der Waals surface area (Å²) < 4.78 is 44.3. The highest BCUT2D eigenvalue weighted by Gasteiger charge is 2.21. The molecule has 0 aromatic heterocycles. The molecular formula is C25H39NO7S. The predicted octanol–water partition coefficient (Wildman–Crippen LogP) is 3.49. The molecule has 8 nitrogen and oxygen atoms in total. The molecule has 0 spiro atoms. The Morgan fingerprint density at radius 3 is 2.03 bits per heavy atom. The van der Waals surface area contributed by atoms with Crippen LogP contribution in [-0.2, 0) is 19.6 Å². The highest BCUT2D eigenvalue weighted by atomic mass is 32.2. The van der Waals surface area contributed by atoms with Crippen molar-refractivity contribution in [3.63, 3.8) is 0 Å². The van der Waals surface area contributed by atoms with Crippen LogP contribution in [0.3, 0.4) is 0 Å². The van der Waals surface area contributed by atoms with Crippen LogP contribution >= 0.6 is 0 Å². The van der Waals surface area contributed by atoms with Crippen molar-refractivity contribution >= 4 is 26.6 Å². The maximum absolute atomic E-state index is 11.8. The highest BCUT2D eigenvalue weighted by Crippen LogP contribution is 2.33. The number of aliphatic hydroxyl groups excluding tert-OH is 2. The van der Waals surface area contributed by atoms with Crippen molar-refractivity contribution in [3.05, 3.63) is 36.4 Å². The first-order valence-corrected chi connectivity index (χ1v) is 13.2. The van der Waals surface area contributed by atoms with Crippen molar-refractivity contribution in [2.24, 2.45) is 5.92 Å². The molecular weight excluding hydrogens is 458 g/mol. The summed E-state index contributed by atoms with van der Waals surface area (Å²) in [5, 5.41) is 21.4. The molecule has 34 heavy (non-hydrogen) atoms. The van der Waals surface area contributed by atoms with E-state index in [1.165, 1.54) is 6.07 Å². The van der Waals surface area contributed by atoms with Gasteiger partial charge in [-0.3, -0.25) is 4.55 Å². The van der Waals surface area contributed by atoms with Crippen LogP contribution in [0.15, 0.2) is 41.3 Å². The third-order valence-corrected chi connectivity index (χ3v) is 6.59. The fourth-order valence-electron chi connectivity index (χ4n) is 3.62. The zero-order valence-electron chi connectivity index (χ0n) is 20.6. The Morgan fingerprint density at radius 2 is 1.47 bits per heavy atom. The Balaban J connectivity index is 1.91. The number of anilines is 1. The van der Waals surface area contributed by atoms with Crippen LogP contribution in [-0.4, -0.2) is 74.4 Å². The maximum atomic E-state index is 11.8. The first kappa shape index (κ1) is 28.5. The summed E-state index contributed by atoms with van der Waals surface area (Å²) in [7, 11) is -4.36. The number of fused-ring (bicyclic) bond motifs is 1. The maximum Gasteiger partial charge on any atom is 0.295 e. The van der Waals surface area contributed by atoms with Gasteiger partial charge < -0.3 is 24.6 Å². The fraction of sp³-hybridized carbons (Fsp3) is 0.600. The Kier molecular flexibility index (Phi) is 11.2. The molecule has 3 N–H and O–H groups in total. The lowest BCUT2D eigenvalue weighted by atomic mass is 10.1. The minimum absolute atomic E-state index is 0.0352. The van der Waals surface area contributed by atoms with E-state index in [1.807, 2.05) is 38.7 Å². The summed E-state index contributed by atoms with van der Waals surface area (Å²) >= 11 is 0. The monoisotopic (exact) mass is 497 g/mol. The van der Waals surface area contributed by atoms with Gasteiger partial charge in [0.15, 0.2) is 0 Å². The first-order valence-electron chi connectivity index (χ1n) is 11.8. The molecule has 0 saturated heterocycles. The van der Waals surface area contributed by atoms with Crippen molar-refractivity contribution in [2.75, 3.05) is 37.9 Å². The second kappa shape index (κ2) is 13.4. The van der Waals surface area contributed by atoms with Gasteiger partial charge in [-0.1, -0.05) is 38.1 Å². The second-order valence-corrected chi connectivity index (χ2v) is 10.6. The summed E-state index contributed by atoms with van der Waals surface area (Å²) in [6.07, 6.45) is 0.419. The van der Waals surface area contributed by atoms with E-state index < -0.39 is 22.3 Å². The molecule has 9 heteroatoms. The minimum Gasteiger partial charge on any atom is -0.390 e. The average molecular weight is 498 g/mol. The third-order valence-electron chi connectivity index (χ3n) is 5.67. The van der Waals surface area contributed by atoms with E-state index in [0.29, 0.717) is 37.1 Å². The van der Waals surface area contributed by atoms with Gasteiger partial charge in [-0.2, -0.15) is 8.42 Å². The molecule has 2 rings (SSSR count). The van der Waals surface area contributed by atoms with E-state index in [-0.39, 0.29) is 23.5 Å². The number of nitrogens with zero attached hydrogens (tertiary/aromatic N) is 1. The van der Waals surface area contributed by atoms with E-state index in [2.05, 4.69) is 0 Å². The van der Waals surface area contributed by atoms with Gasteiger partial charge in [0, 0.05) is 42.3 Å². The normalized spacial score (nSPS) is 14.1. The molecule has 0 aliphatic carbocycles. The molecule has 0 bridgehead atoms. The van der Waals surface area contributed by atoms with Gasteiger partial charge in [0.2, 0.25) is 0 Å². The number of aliphatic hydroxyl groups is 2.